The molecule has 0 saturated heterocycles. The third-order valence-corrected chi connectivity index (χ3v) is 1.64. The van der Waals surface area contributed by atoms with Crippen LogP contribution in [0.5, 0.6) is 5.75 Å². The van der Waals surface area contributed by atoms with Crippen molar-refractivity contribution >= 4 is 11.9 Å². The molecule has 1 rings (SSSR count). The summed E-state index contributed by atoms with van der Waals surface area (Å²) in [6.45, 7) is 1.31. The van der Waals surface area contributed by atoms with Crippen molar-refractivity contribution in [2.45, 2.75) is 13.3 Å². The molecule has 5 heteroatoms. The number of hydrogen-bond acceptors (Lipinski definition) is 2. The molecule has 16 heavy (non-hydrogen) atoms. The summed E-state index contributed by atoms with van der Waals surface area (Å²) in [5.74, 6) is -0.575. The molecule has 0 aliphatic heterocycles. The van der Waals surface area contributed by atoms with Crippen molar-refractivity contribution < 1.29 is 22.7 Å². The lowest BCUT2D eigenvalue weighted by atomic mass is 10.2. The first-order valence-corrected chi connectivity index (χ1v) is 4.42. The summed E-state index contributed by atoms with van der Waals surface area (Å²) in [5, 5.41) is 0. The van der Waals surface area contributed by atoms with Gasteiger partial charge in [-0.05, 0) is 25.1 Å². The lowest BCUT2D eigenvalue weighted by Gasteiger charge is -2.10. The number of rotatable bonds is 3. The van der Waals surface area contributed by atoms with Gasteiger partial charge in [-0.15, -0.1) is 13.2 Å². The standard InChI is InChI=1S/C11H9F3O2/c1-8(15)6-7-9-4-2-3-5-10(9)16-11(12,13)14/h2-7H,1H3/b7-6+. The summed E-state index contributed by atoms with van der Waals surface area (Å²) in [5.41, 5.74) is 0.204. The van der Waals surface area contributed by atoms with Gasteiger partial charge in [0.15, 0.2) is 5.78 Å². The van der Waals surface area contributed by atoms with Gasteiger partial charge in [-0.2, -0.15) is 0 Å². The summed E-state index contributed by atoms with van der Waals surface area (Å²) < 4.78 is 39.8. The summed E-state index contributed by atoms with van der Waals surface area (Å²) in [7, 11) is 0. The molecule has 0 spiro atoms. The van der Waals surface area contributed by atoms with E-state index in [1.165, 1.54) is 37.3 Å². The molecule has 1 aromatic rings. The number of alkyl halides is 3. The average molecular weight is 230 g/mol. The summed E-state index contributed by atoms with van der Waals surface area (Å²) in [6, 6.07) is 5.60. The minimum absolute atomic E-state index is 0.204. The SMILES string of the molecule is CC(=O)/C=C/c1ccccc1OC(F)(F)F. The summed E-state index contributed by atoms with van der Waals surface area (Å²) in [4.78, 5) is 10.7. The van der Waals surface area contributed by atoms with Gasteiger partial charge in [-0.25, -0.2) is 0 Å². The smallest absolute Gasteiger partial charge is 0.405 e. The van der Waals surface area contributed by atoms with Gasteiger partial charge in [0.25, 0.3) is 0 Å². The second kappa shape index (κ2) is 4.83. The fraction of sp³-hybridized carbons (Fsp3) is 0.182. The molecular formula is C11H9F3O2. The van der Waals surface area contributed by atoms with Crippen LogP contribution in [0.4, 0.5) is 13.2 Å². The molecule has 2 nitrogen and oxygen atoms in total. The van der Waals surface area contributed by atoms with Crippen molar-refractivity contribution in [3.05, 3.63) is 35.9 Å². The van der Waals surface area contributed by atoms with E-state index in [2.05, 4.69) is 4.74 Å². The highest BCUT2D eigenvalue weighted by molar-refractivity contribution is 5.91. The lowest BCUT2D eigenvalue weighted by molar-refractivity contribution is -0.274. The van der Waals surface area contributed by atoms with Crippen LogP contribution in [0.2, 0.25) is 0 Å². The van der Waals surface area contributed by atoms with Gasteiger partial charge in [0.1, 0.15) is 5.75 Å². The molecule has 0 N–H and O–H groups in total. The van der Waals surface area contributed by atoms with E-state index in [9.17, 15) is 18.0 Å². The first-order valence-electron chi connectivity index (χ1n) is 4.42. The van der Waals surface area contributed by atoms with Gasteiger partial charge in [0, 0.05) is 5.56 Å². The Morgan fingerprint density at radius 1 is 1.31 bits per heavy atom. The first-order chi connectivity index (χ1) is 7.38. The Kier molecular flexibility index (Phi) is 3.71. The molecule has 0 atom stereocenters. The lowest BCUT2D eigenvalue weighted by Crippen LogP contribution is -2.17. The van der Waals surface area contributed by atoms with Crippen LogP contribution in [0.25, 0.3) is 6.08 Å². The van der Waals surface area contributed by atoms with Crippen LogP contribution < -0.4 is 4.74 Å². The van der Waals surface area contributed by atoms with Crippen LogP contribution in [0.3, 0.4) is 0 Å². The molecule has 0 amide bonds. The van der Waals surface area contributed by atoms with Gasteiger partial charge < -0.3 is 4.74 Å². The van der Waals surface area contributed by atoms with Crippen LogP contribution in [0, 0.1) is 0 Å². The number of ether oxygens (including phenoxy) is 1. The number of para-hydroxylation sites is 1. The number of hydrogen-bond donors (Lipinski definition) is 0. The van der Waals surface area contributed by atoms with Gasteiger partial charge in [0.05, 0.1) is 0 Å². The van der Waals surface area contributed by atoms with Crippen molar-refractivity contribution in [2.75, 3.05) is 0 Å². The molecule has 0 aliphatic rings. The van der Waals surface area contributed by atoms with Crippen molar-refractivity contribution in [3.63, 3.8) is 0 Å². The van der Waals surface area contributed by atoms with E-state index < -0.39 is 6.36 Å². The number of ketones is 1. The summed E-state index contributed by atoms with van der Waals surface area (Å²) in [6.07, 6.45) is -2.28. The molecule has 0 bridgehead atoms. The Morgan fingerprint density at radius 2 is 1.94 bits per heavy atom. The molecule has 0 aromatic heterocycles. The van der Waals surface area contributed by atoms with Crippen molar-refractivity contribution in [2.24, 2.45) is 0 Å². The second-order valence-corrected chi connectivity index (χ2v) is 3.03. The highest BCUT2D eigenvalue weighted by atomic mass is 19.4. The molecule has 0 unspecified atom stereocenters. The topological polar surface area (TPSA) is 26.3 Å². The van der Waals surface area contributed by atoms with Crippen molar-refractivity contribution in [1.82, 2.24) is 0 Å². The number of carbonyl (C=O) groups excluding carboxylic acids is 1. The molecule has 0 saturated carbocycles. The van der Waals surface area contributed by atoms with Gasteiger partial charge in [-0.1, -0.05) is 18.2 Å². The molecule has 1 aromatic carbocycles. The Morgan fingerprint density at radius 3 is 2.50 bits per heavy atom. The molecule has 0 heterocycles. The fourth-order valence-corrected chi connectivity index (χ4v) is 1.04. The van der Waals surface area contributed by atoms with Crippen molar-refractivity contribution in [1.29, 1.82) is 0 Å². The maximum absolute atomic E-state index is 12.0. The van der Waals surface area contributed by atoms with E-state index in [-0.39, 0.29) is 17.1 Å². The van der Waals surface area contributed by atoms with Gasteiger partial charge >= 0.3 is 6.36 Å². The number of halogens is 3. The predicted octanol–water partition coefficient (Wildman–Crippen LogP) is 3.19. The number of carbonyl (C=O) groups is 1. The maximum Gasteiger partial charge on any atom is 0.573 e. The van der Waals surface area contributed by atoms with Crippen LogP contribution in [-0.2, 0) is 4.79 Å². The Labute approximate surface area is 90.3 Å². The number of benzene rings is 1. The van der Waals surface area contributed by atoms with E-state index >= 15 is 0 Å². The monoisotopic (exact) mass is 230 g/mol. The van der Waals surface area contributed by atoms with Crippen LogP contribution >= 0.6 is 0 Å². The van der Waals surface area contributed by atoms with Gasteiger partial charge in [-0.3, -0.25) is 4.79 Å². The molecule has 0 fully saturated rings. The zero-order chi connectivity index (χ0) is 12.2. The minimum Gasteiger partial charge on any atom is -0.405 e. The van der Waals surface area contributed by atoms with E-state index in [0.29, 0.717) is 0 Å². The highest BCUT2D eigenvalue weighted by Gasteiger charge is 2.31. The van der Waals surface area contributed by atoms with Crippen LogP contribution in [0.15, 0.2) is 30.3 Å². The number of allylic oxidation sites excluding steroid dienone is 1. The normalized spacial score (nSPS) is 11.8. The quantitative estimate of drug-likeness (QED) is 0.745. The third-order valence-electron chi connectivity index (χ3n) is 1.64. The Hall–Kier alpha value is -1.78. The van der Waals surface area contributed by atoms with E-state index in [0.717, 1.165) is 0 Å². The fourth-order valence-electron chi connectivity index (χ4n) is 1.04. The van der Waals surface area contributed by atoms with E-state index in [4.69, 9.17) is 0 Å². The first kappa shape index (κ1) is 12.3. The van der Waals surface area contributed by atoms with Gasteiger partial charge in [0.2, 0.25) is 0 Å². The Balaban J connectivity index is 2.96. The van der Waals surface area contributed by atoms with Crippen molar-refractivity contribution in [3.8, 4) is 5.75 Å². The third kappa shape index (κ3) is 4.16. The predicted molar refractivity (Wildman–Crippen MR) is 52.8 cm³/mol. The summed E-state index contributed by atoms with van der Waals surface area (Å²) >= 11 is 0. The molecule has 0 radical (unpaired) electrons. The highest BCUT2D eigenvalue weighted by Crippen LogP contribution is 2.26. The zero-order valence-electron chi connectivity index (χ0n) is 8.41. The Bertz CT molecular complexity index is 408. The van der Waals surface area contributed by atoms with E-state index in [1.54, 1.807) is 6.07 Å². The molecular weight excluding hydrogens is 221 g/mol. The average Bonchev–Trinajstić information content (AvgIpc) is 2.14. The molecule has 86 valence electrons. The van der Waals surface area contributed by atoms with Crippen LogP contribution in [-0.4, -0.2) is 12.1 Å². The zero-order valence-corrected chi connectivity index (χ0v) is 8.41. The minimum atomic E-state index is -4.74. The van der Waals surface area contributed by atoms with E-state index in [1.807, 2.05) is 0 Å². The maximum atomic E-state index is 12.0. The second-order valence-electron chi connectivity index (χ2n) is 3.03. The largest absolute Gasteiger partial charge is 0.573 e. The van der Waals surface area contributed by atoms with Crippen LogP contribution in [0.1, 0.15) is 12.5 Å². The molecule has 0 aliphatic carbocycles.